The minimum absolute atomic E-state index is 0.0807. The molecule has 10 heteroatoms. The predicted octanol–water partition coefficient (Wildman–Crippen LogP) is 5.56. The van der Waals surface area contributed by atoms with E-state index in [1.165, 1.54) is 6.07 Å². The molecule has 0 aliphatic heterocycles. The van der Waals surface area contributed by atoms with Crippen LogP contribution in [-0.4, -0.2) is 32.6 Å². The number of hydrogen-bond acceptors (Lipinski definition) is 5. The van der Waals surface area contributed by atoms with E-state index in [0.29, 0.717) is 44.7 Å². The van der Waals surface area contributed by atoms with E-state index in [1.807, 2.05) is 38.1 Å². The third-order valence-electron chi connectivity index (χ3n) is 4.70. The number of aromatic nitrogens is 3. The average molecular weight is 500 g/mol. The van der Waals surface area contributed by atoms with Gasteiger partial charge in [-0.05, 0) is 68.5 Å². The van der Waals surface area contributed by atoms with Crippen LogP contribution in [0.3, 0.4) is 0 Å². The van der Waals surface area contributed by atoms with Crippen molar-refractivity contribution in [3.05, 3.63) is 75.8 Å². The zero-order valence-corrected chi connectivity index (χ0v) is 20.1. The number of carbonyl (C=O) groups excluding carboxylic acids is 1. The van der Waals surface area contributed by atoms with Crippen LogP contribution in [0.1, 0.15) is 22.8 Å². The molecule has 1 amide bonds. The summed E-state index contributed by atoms with van der Waals surface area (Å²) in [5.74, 6) is 0.0927. The van der Waals surface area contributed by atoms with Crippen LogP contribution >= 0.6 is 35.4 Å². The van der Waals surface area contributed by atoms with Gasteiger partial charge in [0.25, 0.3) is 5.91 Å². The smallest absolute Gasteiger partial charge is 0.257 e. The fraction of sp³-hybridized carbons (Fsp3) is 0.130. The van der Waals surface area contributed by atoms with E-state index in [-0.39, 0.29) is 5.11 Å². The largest absolute Gasteiger partial charge is 0.492 e. The van der Waals surface area contributed by atoms with Crippen LogP contribution < -0.4 is 15.4 Å². The van der Waals surface area contributed by atoms with Crippen LogP contribution in [0.5, 0.6) is 5.75 Å². The van der Waals surface area contributed by atoms with Crippen LogP contribution in [0.25, 0.3) is 16.7 Å². The average Bonchev–Trinajstić information content (AvgIpc) is 3.18. The first-order chi connectivity index (χ1) is 15.8. The summed E-state index contributed by atoms with van der Waals surface area (Å²) < 4.78 is 5.39. The van der Waals surface area contributed by atoms with Crippen molar-refractivity contribution in [3.8, 4) is 11.4 Å². The molecular weight excluding hydrogens is 481 g/mol. The molecule has 0 saturated carbocycles. The van der Waals surface area contributed by atoms with Gasteiger partial charge in [0.15, 0.2) is 5.11 Å². The second-order valence-corrected chi connectivity index (χ2v) is 8.35. The summed E-state index contributed by atoms with van der Waals surface area (Å²) in [6.07, 6.45) is 0. The van der Waals surface area contributed by atoms with Crippen molar-refractivity contribution in [2.24, 2.45) is 0 Å². The van der Waals surface area contributed by atoms with E-state index in [2.05, 4.69) is 20.8 Å². The summed E-state index contributed by atoms with van der Waals surface area (Å²) in [4.78, 5) is 14.1. The molecule has 2 N–H and O–H groups in total. The zero-order valence-electron chi connectivity index (χ0n) is 17.7. The Morgan fingerprint density at radius 2 is 1.73 bits per heavy atom. The Hall–Kier alpha value is -3.20. The third-order valence-corrected chi connectivity index (χ3v) is 5.52. The first kappa shape index (κ1) is 23.0. The van der Waals surface area contributed by atoms with E-state index in [9.17, 15) is 4.79 Å². The topological polar surface area (TPSA) is 81.1 Å². The number of rotatable bonds is 5. The standard InChI is InChI=1S/C23H19Cl2N5O2S/c1-3-32-21-9-6-14(10-17(21)25)22(31)27-23(33)26-18-12-20-19(11-16(18)24)28-30(29-20)15-7-4-13(2)5-8-15/h4-12H,3H2,1-2H3,(H2,26,27,31,33). The van der Waals surface area contributed by atoms with Gasteiger partial charge in [0, 0.05) is 5.56 Å². The Balaban J connectivity index is 1.49. The molecule has 0 unspecified atom stereocenters. The highest BCUT2D eigenvalue weighted by atomic mass is 35.5. The maximum atomic E-state index is 12.6. The summed E-state index contributed by atoms with van der Waals surface area (Å²) in [5, 5.41) is 15.4. The van der Waals surface area contributed by atoms with E-state index in [4.69, 9.17) is 40.2 Å². The number of benzene rings is 3. The number of anilines is 1. The highest BCUT2D eigenvalue weighted by Gasteiger charge is 2.14. The Kier molecular flexibility index (Phi) is 6.78. The van der Waals surface area contributed by atoms with Crippen molar-refractivity contribution in [1.82, 2.24) is 20.3 Å². The quantitative estimate of drug-likeness (QED) is 0.349. The molecule has 33 heavy (non-hydrogen) atoms. The molecule has 1 aromatic heterocycles. The van der Waals surface area contributed by atoms with Gasteiger partial charge in [0.2, 0.25) is 0 Å². The molecule has 4 rings (SSSR count). The lowest BCUT2D eigenvalue weighted by molar-refractivity contribution is 0.0977. The Bertz CT molecular complexity index is 1360. The lowest BCUT2D eigenvalue weighted by Gasteiger charge is -2.12. The number of hydrogen-bond donors (Lipinski definition) is 2. The highest BCUT2D eigenvalue weighted by Crippen LogP contribution is 2.28. The van der Waals surface area contributed by atoms with Crippen LogP contribution in [0.4, 0.5) is 5.69 Å². The first-order valence-electron chi connectivity index (χ1n) is 10.0. The monoisotopic (exact) mass is 499 g/mol. The van der Waals surface area contributed by atoms with E-state index < -0.39 is 5.91 Å². The van der Waals surface area contributed by atoms with Gasteiger partial charge in [-0.3, -0.25) is 10.1 Å². The molecule has 168 valence electrons. The van der Waals surface area contributed by atoms with Gasteiger partial charge in [0.05, 0.1) is 28.0 Å². The molecule has 3 aromatic carbocycles. The molecule has 4 aromatic rings. The lowest BCUT2D eigenvalue weighted by atomic mass is 10.2. The van der Waals surface area contributed by atoms with Gasteiger partial charge >= 0.3 is 0 Å². The van der Waals surface area contributed by atoms with Crippen LogP contribution in [0.15, 0.2) is 54.6 Å². The van der Waals surface area contributed by atoms with Crippen LogP contribution in [-0.2, 0) is 0 Å². The van der Waals surface area contributed by atoms with Crippen molar-refractivity contribution < 1.29 is 9.53 Å². The summed E-state index contributed by atoms with van der Waals surface area (Å²) in [7, 11) is 0. The number of amides is 1. The fourth-order valence-corrected chi connectivity index (χ4v) is 3.71. The maximum absolute atomic E-state index is 12.6. The third kappa shape index (κ3) is 5.24. The van der Waals surface area contributed by atoms with Crippen molar-refractivity contribution in [2.45, 2.75) is 13.8 Å². The molecular formula is C23H19Cl2N5O2S. The van der Waals surface area contributed by atoms with Crippen molar-refractivity contribution in [3.63, 3.8) is 0 Å². The summed E-state index contributed by atoms with van der Waals surface area (Å²) in [5.41, 5.74) is 4.07. The summed E-state index contributed by atoms with van der Waals surface area (Å²) in [6, 6.07) is 16.0. The van der Waals surface area contributed by atoms with Gasteiger partial charge in [-0.15, -0.1) is 10.2 Å². The molecule has 0 atom stereocenters. The number of thiocarbonyl (C=S) groups is 1. The number of carbonyl (C=O) groups is 1. The maximum Gasteiger partial charge on any atom is 0.257 e. The Morgan fingerprint density at radius 1 is 1.03 bits per heavy atom. The molecule has 0 radical (unpaired) electrons. The number of halogens is 2. The van der Waals surface area contributed by atoms with Gasteiger partial charge in [0.1, 0.15) is 16.8 Å². The number of nitrogens with zero attached hydrogens (tertiary/aromatic N) is 3. The normalized spacial score (nSPS) is 10.8. The summed E-state index contributed by atoms with van der Waals surface area (Å²) in [6.45, 7) is 4.34. The zero-order chi connectivity index (χ0) is 23.5. The second-order valence-electron chi connectivity index (χ2n) is 7.13. The van der Waals surface area contributed by atoms with Gasteiger partial charge in [-0.1, -0.05) is 40.9 Å². The van der Waals surface area contributed by atoms with Crippen molar-refractivity contribution >= 4 is 63.2 Å². The predicted molar refractivity (Wildman–Crippen MR) is 135 cm³/mol. The van der Waals surface area contributed by atoms with Crippen molar-refractivity contribution in [2.75, 3.05) is 11.9 Å². The SMILES string of the molecule is CCOc1ccc(C(=O)NC(=S)Nc2cc3nn(-c4ccc(C)cc4)nc3cc2Cl)cc1Cl. The number of ether oxygens (including phenoxy) is 1. The van der Waals surface area contributed by atoms with Crippen LogP contribution in [0, 0.1) is 6.92 Å². The van der Waals surface area contributed by atoms with Gasteiger partial charge in [-0.25, -0.2) is 0 Å². The first-order valence-corrected chi connectivity index (χ1v) is 11.2. The highest BCUT2D eigenvalue weighted by molar-refractivity contribution is 7.80. The van der Waals surface area contributed by atoms with Gasteiger partial charge < -0.3 is 10.1 Å². The van der Waals surface area contributed by atoms with E-state index in [0.717, 1.165) is 11.3 Å². The number of aryl methyl sites for hydroxylation is 1. The molecule has 0 saturated heterocycles. The van der Waals surface area contributed by atoms with Crippen LogP contribution in [0.2, 0.25) is 10.0 Å². The molecule has 0 fully saturated rings. The second kappa shape index (κ2) is 9.74. The minimum Gasteiger partial charge on any atom is -0.492 e. The number of nitrogens with one attached hydrogen (secondary N) is 2. The Morgan fingerprint density at radius 3 is 2.39 bits per heavy atom. The molecule has 1 heterocycles. The Labute approximate surface area is 205 Å². The molecule has 7 nitrogen and oxygen atoms in total. The molecule has 0 bridgehead atoms. The van der Waals surface area contributed by atoms with Crippen molar-refractivity contribution in [1.29, 1.82) is 0 Å². The van der Waals surface area contributed by atoms with Gasteiger partial charge in [-0.2, -0.15) is 4.80 Å². The fourth-order valence-electron chi connectivity index (χ4n) is 3.07. The lowest BCUT2D eigenvalue weighted by Crippen LogP contribution is -2.34. The molecule has 0 spiro atoms. The van der Waals surface area contributed by atoms with E-state index in [1.54, 1.807) is 29.1 Å². The summed E-state index contributed by atoms with van der Waals surface area (Å²) >= 11 is 17.9. The number of fused-ring (bicyclic) bond motifs is 1. The molecule has 0 aliphatic carbocycles. The minimum atomic E-state index is -0.417. The molecule has 0 aliphatic rings. The van der Waals surface area contributed by atoms with E-state index >= 15 is 0 Å².